The Kier molecular flexibility index (Phi) is 7.42. The fourth-order valence-electron chi connectivity index (χ4n) is 3.29. The van der Waals surface area contributed by atoms with Gasteiger partial charge in [-0.1, -0.05) is 59.4 Å². The Balaban J connectivity index is 1.57. The second kappa shape index (κ2) is 10.7. The van der Waals surface area contributed by atoms with E-state index >= 15 is 0 Å². The predicted octanol–water partition coefficient (Wildman–Crippen LogP) is 4.75. The molecule has 1 heterocycles. The summed E-state index contributed by atoms with van der Waals surface area (Å²) in [6, 6.07) is 22.4. The van der Waals surface area contributed by atoms with Crippen LogP contribution in [-0.4, -0.2) is 37.7 Å². The summed E-state index contributed by atoms with van der Waals surface area (Å²) in [5, 5.41) is 11.8. The number of aryl methyl sites for hydroxylation is 1. The number of sulfonamides is 1. The van der Waals surface area contributed by atoms with Gasteiger partial charge >= 0.3 is 0 Å². The van der Waals surface area contributed by atoms with Crippen LogP contribution in [0.15, 0.2) is 83.8 Å². The van der Waals surface area contributed by atoms with Crippen molar-refractivity contribution >= 4 is 38.1 Å². The molecule has 0 aliphatic heterocycles. The van der Waals surface area contributed by atoms with E-state index in [1.54, 1.807) is 42.5 Å². The highest BCUT2D eigenvalue weighted by Crippen LogP contribution is 2.28. The number of nitrogens with one attached hydrogen (secondary N) is 1. The third-order valence-corrected chi connectivity index (χ3v) is 7.70. The second-order valence-corrected chi connectivity index (χ2v) is 10.4. The van der Waals surface area contributed by atoms with Gasteiger partial charge in [-0.2, -0.15) is 0 Å². The van der Waals surface area contributed by atoms with Crippen LogP contribution in [-0.2, 0) is 14.8 Å². The maximum Gasteiger partial charge on any atom is 0.264 e. The van der Waals surface area contributed by atoms with Crippen molar-refractivity contribution in [2.24, 2.45) is 0 Å². The van der Waals surface area contributed by atoms with E-state index in [1.807, 2.05) is 38.1 Å². The van der Waals surface area contributed by atoms with Gasteiger partial charge in [0.05, 0.1) is 17.2 Å². The molecule has 0 saturated heterocycles. The molecule has 35 heavy (non-hydrogen) atoms. The summed E-state index contributed by atoms with van der Waals surface area (Å²) in [5.74, 6) is 0.0697. The highest BCUT2D eigenvalue weighted by atomic mass is 32.2. The number of carbonyl (C=O) groups excluding carboxylic acids is 1. The molecule has 0 radical (unpaired) electrons. The molecule has 0 atom stereocenters. The van der Waals surface area contributed by atoms with Crippen LogP contribution in [0.4, 0.5) is 10.8 Å². The average molecular weight is 509 g/mol. The fourth-order valence-corrected chi connectivity index (χ4v) is 5.49. The highest BCUT2D eigenvalue weighted by molar-refractivity contribution is 7.92. The van der Waals surface area contributed by atoms with E-state index in [-0.39, 0.29) is 10.0 Å². The Labute approximate surface area is 208 Å². The molecule has 8 nitrogen and oxygen atoms in total. The third kappa shape index (κ3) is 5.84. The Morgan fingerprint density at radius 2 is 1.66 bits per heavy atom. The molecule has 180 valence electrons. The smallest absolute Gasteiger partial charge is 0.264 e. The monoisotopic (exact) mass is 508 g/mol. The van der Waals surface area contributed by atoms with Crippen LogP contribution in [0.5, 0.6) is 5.75 Å². The third-order valence-electron chi connectivity index (χ3n) is 5.02. The van der Waals surface area contributed by atoms with E-state index in [0.29, 0.717) is 23.1 Å². The lowest BCUT2D eigenvalue weighted by Crippen LogP contribution is -2.38. The van der Waals surface area contributed by atoms with Gasteiger partial charge in [-0.3, -0.25) is 14.4 Å². The van der Waals surface area contributed by atoms with Gasteiger partial charge < -0.3 is 4.74 Å². The Hall–Kier alpha value is -3.76. The molecule has 3 aromatic carbocycles. The zero-order valence-electron chi connectivity index (χ0n) is 19.2. The first-order valence-electron chi connectivity index (χ1n) is 10.9. The summed E-state index contributed by atoms with van der Waals surface area (Å²) in [6.45, 7) is 3.90. The molecule has 0 unspecified atom stereocenters. The standard InChI is InChI=1S/C25H24N4O4S2/c1-3-33-21-15-13-20(14-16-21)29(35(31,32)22-7-5-4-6-8-22)17-23(30)26-25-28-27-24(34-25)19-11-9-18(2)10-12-19/h4-16H,3,17H2,1-2H3,(H,26,28,30). The van der Waals surface area contributed by atoms with Gasteiger partial charge in [0, 0.05) is 5.56 Å². The maximum absolute atomic E-state index is 13.4. The summed E-state index contributed by atoms with van der Waals surface area (Å²) in [5.41, 5.74) is 2.35. The van der Waals surface area contributed by atoms with Crippen LogP contribution < -0.4 is 14.4 Å². The van der Waals surface area contributed by atoms with E-state index in [4.69, 9.17) is 4.74 Å². The van der Waals surface area contributed by atoms with Crippen molar-refractivity contribution in [3.63, 3.8) is 0 Å². The molecule has 1 amide bonds. The van der Waals surface area contributed by atoms with Crippen molar-refractivity contribution in [2.45, 2.75) is 18.7 Å². The SMILES string of the molecule is CCOc1ccc(N(CC(=O)Nc2nnc(-c3ccc(C)cc3)s2)S(=O)(=O)c2ccccc2)cc1. The van der Waals surface area contributed by atoms with E-state index in [2.05, 4.69) is 15.5 Å². The molecule has 0 aliphatic rings. The van der Waals surface area contributed by atoms with Crippen LogP contribution in [0, 0.1) is 6.92 Å². The molecule has 0 bridgehead atoms. The molecule has 1 N–H and O–H groups in total. The van der Waals surface area contributed by atoms with Crippen LogP contribution in [0.2, 0.25) is 0 Å². The molecule has 4 rings (SSSR count). The molecule has 1 aromatic heterocycles. The molecular weight excluding hydrogens is 484 g/mol. The van der Waals surface area contributed by atoms with Crippen LogP contribution in [0.3, 0.4) is 0 Å². The molecule has 0 spiro atoms. The van der Waals surface area contributed by atoms with Gasteiger partial charge in [-0.25, -0.2) is 8.42 Å². The number of amides is 1. The first kappa shape index (κ1) is 24.4. The van der Waals surface area contributed by atoms with Crippen molar-refractivity contribution in [3.8, 4) is 16.3 Å². The number of benzene rings is 3. The van der Waals surface area contributed by atoms with Gasteiger partial charge in [-0.05, 0) is 50.2 Å². The van der Waals surface area contributed by atoms with Gasteiger partial charge in [0.15, 0.2) is 0 Å². The van der Waals surface area contributed by atoms with Crippen molar-refractivity contribution < 1.29 is 17.9 Å². The molecule has 0 saturated carbocycles. The largest absolute Gasteiger partial charge is 0.494 e. The van der Waals surface area contributed by atoms with Crippen LogP contribution in [0.25, 0.3) is 10.6 Å². The minimum atomic E-state index is -4.01. The number of carbonyl (C=O) groups is 1. The van der Waals surface area contributed by atoms with Gasteiger partial charge in [0.2, 0.25) is 11.0 Å². The first-order valence-corrected chi connectivity index (χ1v) is 13.1. The summed E-state index contributed by atoms with van der Waals surface area (Å²) < 4.78 is 33.4. The van der Waals surface area contributed by atoms with E-state index in [1.165, 1.54) is 23.5 Å². The molecule has 0 fully saturated rings. The number of hydrogen-bond acceptors (Lipinski definition) is 7. The highest BCUT2D eigenvalue weighted by Gasteiger charge is 2.27. The first-order chi connectivity index (χ1) is 16.9. The number of rotatable bonds is 9. The van der Waals surface area contributed by atoms with Crippen LogP contribution in [0.1, 0.15) is 12.5 Å². The maximum atomic E-state index is 13.4. The van der Waals surface area contributed by atoms with Gasteiger partial charge in [0.25, 0.3) is 10.0 Å². The predicted molar refractivity (Wildman–Crippen MR) is 137 cm³/mol. The fraction of sp³-hybridized carbons (Fsp3) is 0.160. The van der Waals surface area contributed by atoms with E-state index in [0.717, 1.165) is 15.4 Å². The zero-order valence-corrected chi connectivity index (χ0v) is 20.8. The van der Waals surface area contributed by atoms with Gasteiger partial charge in [0.1, 0.15) is 17.3 Å². The lowest BCUT2D eigenvalue weighted by atomic mass is 10.2. The number of ether oxygens (including phenoxy) is 1. The number of nitrogens with zero attached hydrogens (tertiary/aromatic N) is 3. The van der Waals surface area contributed by atoms with E-state index < -0.39 is 22.5 Å². The summed E-state index contributed by atoms with van der Waals surface area (Å²) in [7, 11) is -4.01. The Morgan fingerprint density at radius 1 is 0.971 bits per heavy atom. The minimum absolute atomic E-state index is 0.0826. The Morgan fingerprint density at radius 3 is 2.31 bits per heavy atom. The molecular formula is C25H24N4O4S2. The van der Waals surface area contributed by atoms with Crippen molar-refractivity contribution in [1.82, 2.24) is 10.2 Å². The number of hydrogen-bond donors (Lipinski definition) is 1. The van der Waals surface area contributed by atoms with Crippen LogP contribution >= 0.6 is 11.3 Å². The van der Waals surface area contributed by atoms with Crippen molar-refractivity contribution in [3.05, 3.63) is 84.4 Å². The topological polar surface area (TPSA) is 101 Å². The lowest BCUT2D eigenvalue weighted by molar-refractivity contribution is -0.114. The normalized spacial score (nSPS) is 11.1. The lowest BCUT2D eigenvalue weighted by Gasteiger charge is -2.24. The molecule has 10 heteroatoms. The summed E-state index contributed by atoms with van der Waals surface area (Å²) in [6.07, 6.45) is 0. The summed E-state index contributed by atoms with van der Waals surface area (Å²) >= 11 is 1.22. The van der Waals surface area contributed by atoms with Crippen molar-refractivity contribution in [1.29, 1.82) is 0 Å². The summed E-state index contributed by atoms with van der Waals surface area (Å²) in [4.78, 5) is 13.0. The number of anilines is 2. The Bertz CT molecular complexity index is 1390. The zero-order chi connectivity index (χ0) is 24.8. The molecule has 4 aromatic rings. The second-order valence-electron chi connectivity index (χ2n) is 7.58. The quantitative estimate of drug-likeness (QED) is 0.350. The molecule has 0 aliphatic carbocycles. The van der Waals surface area contributed by atoms with E-state index in [9.17, 15) is 13.2 Å². The number of aromatic nitrogens is 2. The average Bonchev–Trinajstić information content (AvgIpc) is 3.32. The van der Waals surface area contributed by atoms with Crippen molar-refractivity contribution in [2.75, 3.05) is 22.8 Å². The minimum Gasteiger partial charge on any atom is -0.494 e. The van der Waals surface area contributed by atoms with Gasteiger partial charge in [-0.15, -0.1) is 10.2 Å².